The van der Waals surface area contributed by atoms with Gasteiger partial charge in [-0.2, -0.15) is 4.31 Å². The van der Waals surface area contributed by atoms with E-state index in [1.807, 2.05) is 0 Å². The van der Waals surface area contributed by atoms with Gasteiger partial charge in [0.1, 0.15) is 0 Å². The van der Waals surface area contributed by atoms with Gasteiger partial charge in [-0.25, -0.2) is 13.2 Å². The Labute approximate surface area is 150 Å². The predicted molar refractivity (Wildman–Crippen MR) is 93.5 cm³/mol. The fraction of sp³-hybridized carbons (Fsp3) is 0.500. The third-order valence-electron chi connectivity index (χ3n) is 5.04. The number of carbonyl (C=O) groups is 1. The Morgan fingerprint density at radius 2 is 1.92 bits per heavy atom. The van der Waals surface area contributed by atoms with Crippen molar-refractivity contribution in [2.45, 2.75) is 23.3 Å². The van der Waals surface area contributed by atoms with Crippen LogP contribution < -0.4 is 5.69 Å². The zero-order valence-electron chi connectivity index (χ0n) is 14.8. The number of aryl methyl sites for hydroxylation is 2. The minimum atomic E-state index is -4.08. The first-order valence-electron chi connectivity index (χ1n) is 8.07. The Morgan fingerprint density at radius 1 is 1.27 bits per heavy atom. The molecule has 1 aliphatic rings. The van der Waals surface area contributed by atoms with Crippen molar-refractivity contribution in [1.82, 2.24) is 13.4 Å². The lowest BCUT2D eigenvalue weighted by Crippen LogP contribution is -2.55. The van der Waals surface area contributed by atoms with Gasteiger partial charge in [-0.3, -0.25) is 13.9 Å². The van der Waals surface area contributed by atoms with Crippen LogP contribution in [-0.2, 0) is 33.7 Å². The monoisotopic (exact) mass is 383 g/mol. The van der Waals surface area contributed by atoms with Gasteiger partial charge < -0.3 is 9.84 Å². The summed E-state index contributed by atoms with van der Waals surface area (Å²) in [6.07, 6.45) is 0.614. The van der Waals surface area contributed by atoms with Gasteiger partial charge >= 0.3 is 11.7 Å². The zero-order chi connectivity index (χ0) is 19.3. The molecule has 0 aliphatic carbocycles. The molecule has 10 heteroatoms. The highest BCUT2D eigenvalue weighted by atomic mass is 32.2. The average Bonchev–Trinajstić information content (AvgIpc) is 3.13. The number of hydrogen-bond acceptors (Lipinski definition) is 5. The van der Waals surface area contributed by atoms with Crippen LogP contribution in [0.2, 0.25) is 0 Å². The molecule has 2 heterocycles. The highest BCUT2D eigenvalue weighted by molar-refractivity contribution is 7.89. The molecule has 1 atom stereocenters. The minimum Gasteiger partial charge on any atom is -0.480 e. The van der Waals surface area contributed by atoms with Gasteiger partial charge in [0.25, 0.3) is 0 Å². The van der Waals surface area contributed by atoms with E-state index in [2.05, 4.69) is 0 Å². The maximum atomic E-state index is 13.2. The third-order valence-corrected chi connectivity index (χ3v) is 7.00. The summed E-state index contributed by atoms with van der Waals surface area (Å²) in [5, 5.41) is 9.70. The molecule has 0 radical (unpaired) electrons. The number of benzene rings is 1. The summed E-state index contributed by atoms with van der Waals surface area (Å²) in [5.41, 5.74) is -0.829. The number of aliphatic carboxylic acids is 1. The number of sulfonamides is 1. The molecular weight excluding hydrogens is 362 g/mol. The molecule has 1 aromatic heterocycles. The molecule has 0 bridgehead atoms. The van der Waals surface area contributed by atoms with E-state index in [-0.39, 0.29) is 30.2 Å². The number of aromatic nitrogens is 2. The number of carboxylic acid groups (broad SMARTS) is 1. The summed E-state index contributed by atoms with van der Waals surface area (Å²) in [6.45, 7) is -0.128. The third kappa shape index (κ3) is 2.48. The van der Waals surface area contributed by atoms with Crippen molar-refractivity contribution < 1.29 is 23.1 Å². The van der Waals surface area contributed by atoms with E-state index in [9.17, 15) is 23.1 Å². The average molecular weight is 383 g/mol. The van der Waals surface area contributed by atoms with Crippen LogP contribution in [0.25, 0.3) is 11.0 Å². The summed E-state index contributed by atoms with van der Waals surface area (Å²) in [4.78, 5) is 23.9. The lowest BCUT2D eigenvalue weighted by Gasteiger charge is -2.33. The molecule has 0 amide bonds. The number of nitrogens with zero attached hydrogens (tertiary/aromatic N) is 3. The highest BCUT2D eigenvalue weighted by Crippen LogP contribution is 2.36. The molecule has 1 aromatic carbocycles. The number of rotatable bonds is 5. The van der Waals surface area contributed by atoms with Crippen LogP contribution in [0, 0.1) is 0 Å². The van der Waals surface area contributed by atoms with Crippen LogP contribution in [-0.4, -0.2) is 58.7 Å². The molecule has 9 nitrogen and oxygen atoms in total. The van der Waals surface area contributed by atoms with Crippen molar-refractivity contribution >= 4 is 27.0 Å². The summed E-state index contributed by atoms with van der Waals surface area (Å²) in [5.74, 6) is -1.23. The molecule has 142 valence electrons. The first kappa shape index (κ1) is 18.6. The maximum absolute atomic E-state index is 13.2. The second-order valence-electron chi connectivity index (χ2n) is 6.50. The number of fused-ring (bicyclic) bond motifs is 1. The molecule has 1 saturated heterocycles. The Kier molecular flexibility index (Phi) is 4.45. The van der Waals surface area contributed by atoms with Crippen molar-refractivity contribution in [3.63, 3.8) is 0 Å². The minimum absolute atomic E-state index is 0.0465. The first-order valence-corrected chi connectivity index (χ1v) is 9.51. The van der Waals surface area contributed by atoms with E-state index >= 15 is 0 Å². The highest BCUT2D eigenvalue weighted by Gasteiger charge is 2.53. The van der Waals surface area contributed by atoms with E-state index in [4.69, 9.17) is 4.74 Å². The molecule has 3 rings (SSSR count). The van der Waals surface area contributed by atoms with Crippen molar-refractivity contribution in [3.05, 3.63) is 28.7 Å². The molecule has 1 unspecified atom stereocenters. The smallest absolute Gasteiger partial charge is 0.328 e. The van der Waals surface area contributed by atoms with Crippen molar-refractivity contribution in [2.75, 3.05) is 20.3 Å². The molecule has 2 aromatic rings. The lowest BCUT2D eigenvalue weighted by molar-refractivity contribution is -0.150. The fourth-order valence-corrected chi connectivity index (χ4v) is 5.44. The van der Waals surface area contributed by atoms with Gasteiger partial charge in [0, 0.05) is 27.7 Å². The van der Waals surface area contributed by atoms with Crippen molar-refractivity contribution in [1.29, 1.82) is 0 Å². The first-order chi connectivity index (χ1) is 12.2. The Morgan fingerprint density at radius 3 is 2.54 bits per heavy atom. The molecule has 26 heavy (non-hydrogen) atoms. The lowest BCUT2D eigenvalue weighted by atomic mass is 9.99. The van der Waals surface area contributed by atoms with Crippen molar-refractivity contribution in [3.8, 4) is 0 Å². The van der Waals surface area contributed by atoms with Gasteiger partial charge in [-0.05, 0) is 31.0 Å². The summed E-state index contributed by atoms with van der Waals surface area (Å²) < 4.78 is 35.2. The Bertz CT molecular complexity index is 1040. The van der Waals surface area contributed by atoms with Crippen LogP contribution in [0.3, 0.4) is 0 Å². The van der Waals surface area contributed by atoms with Gasteiger partial charge in [0.15, 0.2) is 5.54 Å². The van der Waals surface area contributed by atoms with Crippen molar-refractivity contribution in [2.24, 2.45) is 14.1 Å². The number of imidazole rings is 1. The standard InChI is InChI=1S/C16H21N3O6S/c1-17-12-6-5-11(9-13(12)18(2)15(17)22)26(23,24)19-8-4-7-16(19,10-25-3)14(20)21/h5-6,9H,4,7-8,10H2,1-3H3,(H,20,21). The normalized spacial score (nSPS) is 21.5. The summed E-state index contributed by atoms with van der Waals surface area (Å²) in [6, 6.07) is 4.36. The maximum Gasteiger partial charge on any atom is 0.328 e. The number of ether oxygens (including phenoxy) is 1. The number of carboxylic acids is 1. The van der Waals surface area contributed by atoms with Crippen LogP contribution in [0.5, 0.6) is 0 Å². The number of methoxy groups -OCH3 is 1. The van der Waals surface area contributed by atoms with Gasteiger partial charge in [0.2, 0.25) is 10.0 Å². The molecule has 1 aliphatic heterocycles. The van der Waals surface area contributed by atoms with E-state index in [1.165, 1.54) is 28.4 Å². The SMILES string of the molecule is COCC1(C(=O)O)CCCN1S(=O)(=O)c1ccc2c(c1)n(C)c(=O)n2C. The van der Waals surface area contributed by atoms with E-state index < -0.39 is 21.5 Å². The van der Waals surface area contributed by atoms with Crippen LogP contribution >= 0.6 is 0 Å². The second kappa shape index (κ2) is 6.22. The topological polar surface area (TPSA) is 111 Å². The molecule has 0 spiro atoms. The zero-order valence-corrected chi connectivity index (χ0v) is 15.6. The van der Waals surface area contributed by atoms with E-state index in [1.54, 1.807) is 20.2 Å². The second-order valence-corrected chi connectivity index (χ2v) is 8.36. The Balaban J connectivity index is 2.16. The Hall–Kier alpha value is -2.17. The largest absolute Gasteiger partial charge is 0.480 e. The quantitative estimate of drug-likeness (QED) is 0.786. The van der Waals surface area contributed by atoms with Gasteiger partial charge in [-0.1, -0.05) is 0 Å². The van der Waals surface area contributed by atoms with Gasteiger partial charge in [0.05, 0.1) is 22.5 Å². The van der Waals surface area contributed by atoms with Gasteiger partial charge in [-0.15, -0.1) is 0 Å². The van der Waals surface area contributed by atoms with Crippen LogP contribution in [0.1, 0.15) is 12.8 Å². The predicted octanol–water partition coefficient (Wildman–Crippen LogP) is 0.131. The van der Waals surface area contributed by atoms with E-state index in [0.717, 1.165) is 4.31 Å². The molecule has 1 fully saturated rings. The van der Waals surface area contributed by atoms with Crippen LogP contribution in [0.15, 0.2) is 27.9 Å². The summed E-state index contributed by atoms with van der Waals surface area (Å²) in [7, 11) is 0.433. The van der Waals surface area contributed by atoms with E-state index in [0.29, 0.717) is 17.5 Å². The fourth-order valence-electron chi connectivity index (χ4n) is 3.64. The number of hydrogen-bond donors (Lipinski definition) is 1. The molecule has 1 N–H and O–H groups in total. The van der Waals surface area contributed by atoms with Crippen LogP contribution in [0.4, 0.5) is 0 Å². The molecule has 0 saturated carbocycles. The molecular formula is C16H21N3O6S. The summed E-state index contributed by atoms with van der Waals surface area (Å²) >= 11 is 0.